The maximum absolute atomic E-state index is 12.6. The van der Waals surface area contributed by atoms with Gasteiger partial charge in [-0.05, 0) is 43.9 Å². The van der Waals surface area contributed by atoms with Crippen LogP contribution in [0.15, 0.2) is 66.0 Å². The van der Waals surface area contributed by atoms with Crippen LogP contribution in [0.1, 0.15) is 37.3 Å². The third-order valence-electron chi connectivity index (χ3n) is 9.11. The van der Waals surface area contributed by atoms with Crippen molar-refractivity contribution in [3.63, 3.8) is 0 Å². The minimum absolute atomic E-state index is 0.207. The van der Waals surface area contributed by atoms with Gasteiger partial charge in [0.2, 0.25) is 5.95 Å². The van der Waals surface area contributed by atoms with Gasteiger partial charge in [-0.25, -0.2) is 14.6 Å². The Balaban J connectivity index is 0.968. The SMILES string of the molecule is N#Cc1cccc(-c2ccc(=O)n(C[C@@H]3CN(c4ncc(-c5cnn(C6CCN(C7CCOCC7)CC6)c5)cn4)CCO3)n2)c1. The third kappa shape index (κ3) is 6.66. The minimum atomic E-state index is -0.260. The number of rotatable bonds is 7. The van der Waals surface area contributed by atoms with E-state index >= 15 is 0 Å². The quantitative estimate of drug-likeness (QED) is 0.309. The van der Waals surface area contributed by atoms with Crippen LogP contribution in [-0.2, 0) is 16.0 Å². The molecule has 0 unspecified atom stereocenters. The molecule has 12 nitrogen and oxygen atoms in total. The Bertz CT molecular complexity index is 1700. The molecule has 1 aromatic carbocycles. The zero-order valence-electron chi connectivity index (χ0n) is 25.2. The maximum Gasteiger partial charge on any atom is 0.266 e. The Morgan fingerprint density at radius 2 is 1.71 bits per heavy atom. The average Bonchev–Trinajstić information content (AvgIpc) is 3.61. The van der Waals surface area contributed by atoms with E-state index < -0.39 is 0 Å². The fourth-order valence-electron chi connectivity index (χ4n) is 6.57. The van der Waals surface area contributed by atoms with Crippen molar-refractivity contribution >= 4 is 5.95 Å². The first kappa shape index (κ1) is 29.3. The summed E-state index contributed by atoms with van der Waals surface area (Å²) in [7, 11) is 0. The summed E-state index contributed by atoms with van der Waals surface area (Å²) in [6.45, 7) is 5.96. The summed E-state index contributed by atoms with van der Waals surface area (Å²) in [6.07, 6.45) is 12.0. The van der Waals surface area contributed by atoms with Crippen LogP contribution < -0.4 is 10.5 Å². The summed E-state index contributed by atoms with van der Waals surface area (Å²) >= 11 is 0. The van der Waals surface area contributed by atoms with Gasteiger partial charge in [-0.3, -0.25) is 9.48 Å². The van der Waals surface area contributed by atoms with Gasteiger partial charge in [-0.2, -0.15) is 15.5 Å². The zero-order chi connectivity index (χ0) is 30.6. The molecule has 12 heteroatoms. The van der Waals surface area contributed by atoms with Gasteiger partial charge >= 0.3 is 0 Å². The van der Waals surface area contributed by atoms with Crippen LogP contribution in [0.25, 0.3) is 22.4 Å². The number of hydrogen-bond acceptors (Lipinski definition) is 10. The van der Waals surface area contributed by atoms with Gasteiger partial charge in [0.25, 0.3) is 5.56 Å². The summed E-state index contributed by atoms with van der Waals surface area (Å²) in [5.41, 5.74) is 3.69. The second-order valence-electron chi connectivity index (χ2n) is 12.0. The Kier molecular flexibility index (Phi) is 8.64. The van der Waals surface area contributed by atoms with Gasteiger partial charge in [0, 0.05) is 86.8 Å². The van der Waals surface area contributed by atoms with E-state index in [2.05, 4.69) is 41.8 Å². The van der Waals surface area contributed by atoms with Gasteiger partial charge in [0.1, 0.15) is 0 Å². The smallest absolute Gasteiger partial charge is 0.266 e. The van der Waals surface area contributed by atoms with Crippen LogP contribution in [0.2, 0.25) is 0 Å². The lowest BCUT2D eigenvalue weighted by Gasteiger charge is -2.39. The fourth-order valence-corrected chi connectivity index (χ4v) is 6.57. The molecule has 4 aromatic rings. The average molecular weight is 608 g/mol. The molecule has 3 aliphatic rings. The van der Waals surface area contributed by atoms with Crippen LogP contribution in [0.4, 0.5) is 5.95 Å². The Morgan fingerprint density at radius 1 is 0.889 bits per heavy atom. The van der Waals surface area contributed by atoms with E-state index in [1.807, 2.05) is 30.7 Å². The van der Waals surface area contributed by atoms with Crippen molar-refractivity contribution in [3.05, 3.63) is 77.1 Å². The molecular formula is C33H37N9O3. The van der Waals surface area contributed by atoms with Gasteiger partial charge in [-0.1, -0.05) is 12.1 Å². The third-order valence-corrected chi connectivity index (χ3v) is 9.11. The van der Waals surface area contributed by atoms with Crippen molar-refractivity contribution in [1.29, 1.82) is 5.26 Å². The number of nitriles is 1. The predicted octanol–water partition coefficient (Wildman–Crippen LogP) is 3.16. The number of anilines is 1. The minimum Gasteiger partial charge on any atom is -0.381 e. The Labute approximate surface area is 261 Å². The second-order valence-corrected chi connectivity index (χ2v) is 12.0. The molecule has 3 aromatic heterocycles. The molecule has 7 rings (SSSR count). The fraction of sp³-hybridized carbons (Fsp3) is 0.455. The highest BCUT2D eigenvalue weighted by atomic mass is 16.5. The van der Waals surface area contributed by atoms with Crippen molar-refractivity contribution in [2.24, 2.45) is 0 Å². The second kappa shape index (κ2) is 13.3. The van der Waals surface area contributed by atoms with Crippen molar-refractivity contribution < 1.29 is 9.47 Å². The number of nitrogens with zero attached hydrogens (tertiary/aromatic N) is 9. The summed E-state index contributed by atoms with van der Waals surface area (Å²) in [5.74, 6) is 0.627. The lowest BCUT2D eigenvalue weighted by molar-refractivity contribution is 0.0212. The predicted molar refractivity (Wildman–Crippen MR) is 168 cm³/mol. The van der Waals surface area contributed by atoms with E-state index in [-0.39, 0.29) is 11.7 Å². The van der Waals surface area contributed by atoms with E-state index in [0.29, 0.717) is 55.5 Å². The monoisotopic (exact) mass is 607 g/mol. The van der Waals surface area contributed by atoms with E-state index in [0.717, 1.165) is 68.7 Å². The van der Waals surface area contributed by atoms with Crippen LogP contribution in [0.5, 0.6) is 0 Å². The van der Waals surface area contributed by atoms with E-state index in [1.165, 1.54) is 10.7 Å². The molecule has 3 fully saturated rings. The number of piperidine rings is 1. The van der Waals surface area contributed by atoms with E-state index in [9.17, 15) is 10.1 Å². The molecule has 0 amide bonds. The number of morpholine rings is 1. The first-order valence-electron chi connectivity index (χ1n) is 15.8. The van der Waals surface area contributed by atoms with Crippen molar-refractivity contribution in [2.45, 2.75) is 50.4 Å². The number of benzene rings is 1. The largest absolute Gasteiger partial charge is 0.381 e. The van der Waals surface area contributed by atoms with E-state index in [1.54, 1.807) is 18.2 Å². The van der Waals surface area contributed by atoms with Crippen molar-refractivity contribution in [2.75, 3.05) is 50.9 Å². The van der Waals surface area contributed by atoms with Crippen LogP contribution in [0, 0.1) is 11.3 Å². The Hall–Kier alpha value is -4.44. The topological polar surface area (TPSA) is 127 Å². The molecule has 0 spiro atoms. The highest BCUT2D eigenvalue weighted by molar-refractivity contribution is 5.61. The molecule has 0 radical (unpaired) electrons. The highest BCUT2D eigenvalue weighted by Gasteiger charge is 2.28. The van der Waals surface area contributed by atoms with Crippen LogP contribution >= 0.6 is 0 Å². The molecule has 0 N–H and O–H groups in total. The summed E-state index contributed by atoms with van der Waals surface area (Å²) in [6, 6.07) is 13.6. The number of aromatic nitrogens is 6. The normalized spacial score (nSPS) is 20.2. The molecule has 1 atom stereocenters. The lowest BCUT2D eigenvalue weighted by atomic mass is 10.00. The highest BCUT2D eigenvalue weighted by Crippen LogP contribution is 2.28. The maximum atomic E-state index is 12.6. The molecule has 0 aliphatic carbocycles. The van der Waals surface area contributed by atoms with Crippen LogP contribution in [-0.4, -0.2) is 92.6 Å². The molecule has 45 heavy (non-hydrogen) atoms. The van der Waals surface area contributed by atoms with Crippen molar-refractivity contribution in [3.8, 4) is 28.5 Å². The number of ether oxygens (including phenoxy) is 2. The molecule has 0 bridgehead atoms. The summed E-state index contributed by atoms with van der Waals surface area (Å²) in [5, 5.41) is 18.5. The van der Waals surface area contributed by atoms with Gasteiger partial charge < -0.3 is 19.3 Å². The number of hydrogen-bond donors (Lipinski definition) is 0. The Morgan fingerprint density at radius 3 is 2.51 bits per heavy atom. The first-order chi connectivity index (χ1) is 22.1. The molecule has 3 aliphatic heterocycles. The lowest BCUT2D eigenvalue weighted by Crippen LogP contribution is -2.46. The molecule has 232 valence electrons. The summed E-state index contributed by atoms with van der Waals surface area (Å²) in [4.78, 5) is 26.7. The van der Waals surface area contributed by atoms with E-state index in [4.69, 9.17) is 14.6 Å². The van der Waals surface area contributed by atoms with Crippen molar-refractivity contribution in [1.82, 2.24) is 34.4 Å². The van der Waals surface area contributed by atoms with Gasteiger partial charge in [0.05, 0.1) is 48.8 Å². The van der Waals surface area contributed by atoms with Gasteiger partial charge in [-0.15, -0.1) is 0 Å². The standard InChI is InChI=1S/C33H37N9O3/c34-17-24-2-1-3-25(16-24)31-4-5-32(43)42(38-31)23-30-22-40(12-15-45-30)33-35-18-26(19-36-33)27-20-37-41(21-27)29-6-10-39(11-7-29)28-8-13-44-14-9-28/h1-5,16,18-21,28-30H,6-15,22-23H2/t30-/m0/s1. The zero-order valence-corrected chi connectivity index (χ0v) is 25.2. The first-order valence-corrected chi connectivity index (χ1v) is 15.8. The van der Waals surface area contributed by atoms with Gasteiger partial charge in [0.15, 0.2) is 0 Å². The molecule has 3 saturated heterocycles. The number of likely N-dealkylation sites (tertiary alicyclic amines) is 1. The molecule has 6 heterocycles. The molecular weight excluding hydrogens is 570 g/mol. The molecule has 0 saturated carbocycles. The summed E-state index contributed by atoms with van der Waals surface area (Å²) < 4.78 is 15.1. The van der Waals surface area contributed by atoms with Crippen LogP contribution in [0.3, 0.4) is 0 Å².